The SMILES string of the molecule is Cn1c(N)nc2c(F)ccc(Br)c21. The first-order valence-corrected chi connectivity index (χ1v) is 4.46. The summed E-state index contributed by atoms with van der Waals surface area (Å²) in [6.07, 6.45) is 0. The molecule has 5 heteroatoms. The van der Waals surface area contributed by atoms with Gasteiger partial charge in [0.25, 0.3) is 0 Å². The minimum absolute atomic E-state index is 0.300. The highest BCUT2D eigenvalue weighted by Gasteiger charge is 2.11. The number of nitrogens with zero attached hydrogens (tertiary/aromatic N) is 2. The van der Waals surface area contributed by atoms with Gasteiger partial charge >= 0.3 is 0 Å². The van der Waals surface area contributed by atoms with Gasteiger partial charge in [0, 0.05) is 11.5 Å². The van der Waals surface area contributed by atoms with E-state index in [-0.39, 0.29) is 5.82 Å². The Balaban J connectivity index is 3.00. The van der Waals surface area contributed by atoms with Crippen molar-refractivity contribution in [1.82, 2.24) is 9.55 Å². The normalized spacial score (nSPS) is 11.0. The lowest BCUT2D eigenvalue weighted by molar-refractivity contribution is 0.637. The summed E-state index contributed by atoms with van der Waals surface area (Å²) in [6.45, 7) is 0. The predicted octanol–water partition coefficient (Wildman–Crippen LogP) is 2.06. The van der Waals surface area contributed by atoms with Gasteiger partial charge in [-0.15, -0.1) is 0 Å². The van der Waals surface area contributed by atoms with Crippen LogP contribution >= 0.6 is 15.9 Å². The fourth-order valence-electron chi connectivity index (χ4n) is 1.26. The van der Waals surface area contributed by atoms with Crippen molar-refractivity contribution in [3.8, 4) is 0 Å². The maximum Gasteiger partial charge on any atom is 0.201 e. The molecule has 2 rings (SSSR count). The van der Waals surface area contributed by atoms with Gasteiger partial charge in [0.05, 0.1) is 5.52 Å². The number of benzene rings is 1. The van der Waals surface area contributed by atoms with Crippen LogP contribution in [0.25, 0.3) is 11.0 Å². The molecule has 1 heterocycles. The molecule has 0 saturated heterocycles. The molecule has 0 fully saturated rings. The Morgan fingerprint density at radius 3 is 2.85 bits per heavy atom. The van der Waals surface area contributed by atoms with E-state index < -0.39 is 0 Å². The standard InChI is InChI=1S/C8H7BrFN3/c1-13-7-4(9)2-3-5(10)6(7)12-8(13)11/h2-3H,1H3,(H2,11,12). The number of aromatic nitrogens is 2. The average Bonchev–Trinajstić information content (AvgIpc) is 2.38. The molecule has 2 N–H and O–H groups in total. The van der Waals surface area contributed by atoms with Gasteiger partial charge < -0.3 is 10.3 Å². The Labute approximate surface area is 82.5 Å². The van der Waals surface area contributed by atoms with Gasteiger partial charge in [0.2, 0.25) is 5.95 Å². The highest BCUT2D eigenvalue weighted by molar-refractivity contribution is 9.10. The molecule has 0 spiro atoms. The minimum atomic E-state index is -0.356. The minimum Gasteiger partial charge on any atom is -0.369 e. The van der Waals surface area contributed by atoms with Gasteiger partial charge in [-0.05, 0) is 28.1 Å². The summed E-state index contributed by atoms with van der Waals surface area (Å²) in [5.74, 6) is -0.0497. The number of rotatable bonds is 0. The highest BCUT2D eigenvalue weighted by Crippen LogP contribution is 2.26. The van der Waals surface area contributed by atoms with Crippen molar-refractivity contribution in [3.05, 3.63) is 22.4 Å². The van der Waals surface area contributed by atoms with Crippen LogP contribution < -0.4 is 5.73 Å². The first-order chi connectivity index (χ1) is 6.11. The van der Waals surface area contributed by atoms with Crippen molar-refractivity contribution in [2.75, 3.05) is 5.73 Å². The Bertz CT molecular complexity index is 478. The Morgan fingerprint density at radius 2 is 2.23 bits per heavy atom. The third-order valence-electron chi connectivity index (χ3n) is 1.96. The van der Waals surface area contributed by atoms with Gasteiger partial charge in [-0.25, -0.2) is 9.37 Å². The number of aryl methyl sites for hydroxylation is 1. The number of hydrogen-bond acceptors (Lipinski definition) is 2. The summed E-state index contributed by atoms with van der Waals surface area (Å²) in [4.78, 5) is 3.91. The van der Waals surface area contributed by atoms with Gasteiger partial charge in [0.15, 0.2) is 5.82 Å². The zero-order chi connectivity index (χ0) is 9.59. The highest BCUT2D eigenvalue weighted by atomic mass is 79.9. The van der Waals surface area contributed by atoms with Crippen LogP contribution in [-0.4, -0.2) is 9.55 Å². The molecule has 0 radical (unpaired) electrons. The zero-order valence-corrected chi connectivity index (χ0v) is 8.47. The van der Waals surface area contributed by atoms with Crippen molar-refractivity contribution in [3.63, 3.8) is 0 Å². The third-order valence-corrected chi connectivity index (χ3v) is 2.60. The Kier molecular flexibility index (Phi) is 1.76. The van der Waals surface area contributed by atoms with Crippen LogP contribution in [0, 0.1) is 5.82 Å². The van der Waals surface area contributed by atoms with E-state index in [9.17, 15) is 4.39 Å². The van der Waals surface area contributed by atoms with E-state index in [2.05, 4.69) is 20.9 Å². The maximum atomic E-state index is 13.2. The first-order valence-electron chi connectivity index (χ1n) is 3.67. The number of halogens is 2. The molecule has 3 nitrogen and oxygen atoms in total. The average molecular weight is 244 g/mol. The van der Waals surface area contributed by atoms with E-state index in [1.165, 1.54) is 6.07 Å². The second-order valence-electron chi connectivity index (χ2n) is 2.76. The fraction of sp³-hybridized carbons (Fsp3) is 0.125. The van der Waals surface area contributed by atoms with Crippen molar-refractivity contribution in [2.45, 2.75) is 0 Å². The predicted molar refractivity (Wildman–Crippen MR) is 52.8 cm³/mol. The van der Waals surface area contributed by atoms with Crippen molar-refractivity contribution >= 4 is 32.9 Å². The molecule has 0 bridgehead atoms. The number of nitrogen functional groups attached to an aromatic ring is 1. The number of fused-ring (bicyclic) bond motifs is 1. The van der Waals surface area contributed by atoms with Gasteiger partial charge in [-0.2, -0.15) is 0 Å². The fourth-order valence-corrected chi connectivity index (χ4v) is 1.85. The van der Waals surface area contributed by atoms with Gasteiger partial charge in [-0.3, -0.25) is 0 Å². The number of hydrogen-bond donors (Lipinski definition) is 1. The lowest BCUT2D eigenvalue weighted by Gasteiger charge is -1.98. The van der Waals surface area contributed by atoms with Crippen LogP contribution in [0.3, 0.4) is 0 Å². The number of anilines is 1. The zero-order valence-electron chi connectivity index (χ0n) is 6.88. The smallest absolute Gasteiger partial charge is 0.201 e. The lowest BCUT2D eigenvalue weighted by atomic mass is 10.3. The lowest BCUT2D eigenvalue weighted by Crippen LogP contribution is -1.96. The van der Waals surface area contributed by atoms with Crippen molar-refractivity contribution < 1.29 is 4.39 Å². The van der Waals surface area contributed by atoms with Crippen LogP contribution in [0.1, 0.15) is 0 Å². The molecule has 0 saturated carbocycles. The summed E-state index contributed by atoms with van der Waals surface area (Å²) in [5, 5.41) is 0. The monoisotopic (exact) mass is 243 g/mol. The number of nitrogens with two attached hydrogens (primary N) is 1. The largest absolute Gasteiger partial charge is 0.369 e. The quantitative estimate of drug-likeness (QED) is 0.770. The topological polar surface area (TPSA) is 43.8 Å². The molecule has 0 aliphatic rings. The summed E-state index contributed by atoms with van der Waals surface area (Å²) in [7, 11) is 1.74. The molecule has 0 atom stereocenters. The van der Waals surface area contributed by atoms with Crippen LogP contribution in [0.5, 0.6) is 0 Å². The van der Waals surface area contributed by atoms with E-state index in [1.807, 2.05) is 0 Å². The third kappa shape index (κ3) is 1.11. The molecule has 13 heavy (non-hydrogen) atoms. The van der Waals surface area contributed by atoms with E-state index in [0.29, 0.717) is 17.0 Å². The van der Waals surface area contributed by atoms with E-state index >= 15 is 0 Å². The summed E-state index contributed by atoms with van der Waals surface area (Å²) < 4.78 is 15.6. The molecule has 68 valence electrons. The van der Waals surface area contributed by atoms with E-state index in [4.69, 9.17) is 5.73 Å². The molecular weight excluding hydrogens is 237 g/mol. The van der Waals surface area contributed by atoms with Gasteiger partial charge in [-0.1, -0.05) is 0 Å². The van der Waals surface area contributed by atoms with E-state index in [1.54, 1.807) is 17.7 Å². The number of imidazole rings is 1. The molecule has 0 unspecified atom stereocenters. The molecular formula is C8H7BrFN3. The van der Waals surface area contributed by atoms with Crippen LogP contribution in [-0.2, 0) is 7.05 Å². The molecule has 1 aromatic heterocycles. The Morgan fingerprint density at radius 1 is 1.54 bits per heavy atom. The van der Waals surface area contributed by atoms with Crippen LogP contribution in [0.15, 0.2) is 16.6 Å². The molecule has 1 aromatic carbocycles. The Hall–Kier alpha value is -1.10. The summed E-state index contributed by atoms with van der Waals surface area (Å²) in [6, 6.07) is 3.00. The molecule has 2 aromatic rings. The van der Waals surface area contributed by atoms with Gasteiger partial charge in [0.1, 0.15) is 5.52 Å². The summed E-state index contributed by atoms with van der Waals surface area (Å²) >= 11 is 3.31. The van der Waals surface area contributed by atoms with Crippen LogP contribution in [0.4, 0.5) is 10.3 Å². The maximum absolute atomic E-state index is 13.2. The van der Waals surface area contributed by atoms with Crippen molar-refractivity contribution in [1.29, 1.82) is 0 Å². The van der Waals surface area contributed by atoms with Crippen molar-refractivity contribution in [2.24, 2.45) is 7.05 Å². The molecule has 0 aliphatic heterocycles. The molecule has 0 amide bonds. The second kappa shape index (κ2) is 2.70. The second-order valence-corrected chi connectivity index (χ2v) is 3.61. The summed E-state index contributed by atoms with van der Waals surface area (Å²) in [5.41, 5.74) is 6.53. The van der Waals surface area contributed by atoms with Crippen LogP contribution in [0.2, 0.25) is 0 Å². The van der Waals surface area contributed by atoms with E-state index in [0.717, 1.165) is 4.47 Å². The first kappa shape index (κ1) is 8.50. The molecule has 0 aliphatic carbocycles.